The summed E-state index contributed by atoms with van der Waals surface area (Å²) in [6.45, 7) is -0.157. The fourth-order valence-corrected chi connectivity index (χ4v) is 5.20. The topological polar surface area (TPSA) is 96.3 Å². The van der Waals surface area contributed by atoms with Crippen molar-refractivity contribution < 1.29 is 22.3 Å². The normalized spacial score (nSPS) is 23.8. The number of nitrogens with one attached hydrogen (secondary N) is 1. The Labute approximate surface area is 145 Å². The number of alkyl carbamates (subject to hydrolysis) is 1. The lowest BCUT2D eigenvalue weighted by atomic mass is 10.0. The summed E-state index contributed by atoms with van der Waals surface area (Å²) >= 11 is 0. The number of carbonyl (C=O) groups excluding carboxylic acids is 1. The Morgan fingerprint density at radius 3 is 2.60 bits per heavy atom. The molecule has 2 aliphatic rings. The third kappa shape index (κ3) is 4.10. The van der Waals surface area contributed by atoms with Crippen molar-refractivity contribution in [3.05, 3.63) is 30.1 Å². The van der Waals surface area contributed by atoms with Crippen molar-refractivity contribution >= 4 is 15.9 Å². The summed E-state index contributed by atoms with van der Waals surface area (Å²) in [5.41, 5.74) is 0.0865. The molecule has 134 valence electrons. The first-order chi connectivity index (χ1) is 11.8. The number of sulfone groups is 1. The average Bonchev–Trinajstić information content (AvgIpc) is 3.22. The molecule has 2 saturated carbocycles. The second-order valence-electron chi connectivity index (χ2n) is 6.86. The Morgan fingerprint density at radius 2 is 2.00 bits per heavy atom. The second-order valence-corrected chi connectivity index (χ2v) is 8.89. The SMILES string of the molecule is N#CCNC(=O)O[C@H]1CC2(CC2)C[C@@H]1CS(=O)(=O)c1ccc(F)cc1. The zero-order valence-electron chi connectivity index (χ0n) is 13.6. The number of carbonyl (C=O) groups is 1. The molecule has 2 fully saturated rings. The molecule has 0 aliphatic heterocycles. The summed E-state index contributed by atoms with van der Waals surface area (Å²) < 4.78 is 43.6. The second kappa shape index (κ2) is 6.64. The molecule has 0 aromatic heterocycles. The molecule has 1 aromatic rings. The highest BCUT2D eigenvalue weighted by Crippen LogP contribution is 2.60. The summed E-state index contributed by atoms with van der Waals surface area (Å²) in [7, 11) is -3.60. The number of rotatable bonds is 5. The largest absolute Gasteiger partial charge is 0.446 e. The molecule has 2 aliphatic carbocycles. The van der Waals surface area contributed by atoms with Gasteiger partial charge in [0.2, 0.25) is 0 Å². The van der Waals surface area contributed by atoms with E-state index in [0.29, 0.717) is 12.8 Å². The highest BCUT2D eigenvalue weighted by atomic mass is 32.2. The van der Waals surface area contributed by atoms with Gasteiger partial charge in [-0.3, -0.25) is 0 Å². The van der Waals surface area contributed by atoms with Crippen LogP contribution < -0.4 is 5.32 Å². The predicted octanol–water partition coefficient (Wildman–Crippen LogP) is 2.41. The van der Waals surface area contributed by atoms with E-state index in [-0.39, 0.29) is 28.5 Å². The lowest BCUT2D eigenvalue weighted by Crippen LogP contribution is -2.33. The van der Waals surface area contributed by atoms with Gasteiger partial charge in [0.05, 0.1) is 16.7 Å². The first-order valence-corrected chi connectivity index (χ1v) is 9.79. The minimum Gasteiger partial charge on any atom is -0.446 e. The molecule has 0 saturated heterocycles. The highest BCUT2D eigenvalue weighted by Gasteiger charge is 2.54. The number of hydrogen-bond acceptors (Lipinski definition) is 5. The fourth-order valence-electron chi connectivity index (χ4n) is 3.56. The van der Waals surface area contributed by atoms with Crippen molar-refractivity contribution in [3.8, 4) is 6.07 Å². The summed E-state index contributed by atoms with van der Waals surface area (Å²) in [4.78, 5) is 11.8. The lowest BCUT2D eigenvalue weighted by Gasteiger charge is -2.20. The molecule has 2 atom stereocenters. The summed E-state index contributed by atoms with van der Waals surface area (Å²) in [6, 6.07) is 6.53. The van der Waals surface area contributed by atoms with Crippen molar-refractivity contribution in [2.75, 3.05) is 12.3 Å². The van der Waals surface area contributed by atoms with Gasteiger partial charge in [-0.15, -0.1) is 0 Å². The van der Waals surface area contributed by atoms with E-state index in [4.69, 9.17) is 10.00 Å². The van der Waals surface area contributed by atoms with E-state index in [0.717, 1.165) is 25.0 Å². The van der Waals surface area contributed by atoms with Gasteiger partial charge in [0, 0.05) is 5.92 Å². The Balaban J connectivity index is 1.71. The monoisotopic (exact) mass is 366 g/mol. The van der Waals surface area contributed by atoms with Gasteiger partial charge in [0.1, 0.15) is 18.5 Å². The minimum atomic E-state index is -3.60. The van der Waals surface area contributed by atoms with Crippen molar-refractivity contribution in [2.45, 2.75) is 36.7 Å². The molecule has 0 radical (unpaired) electrons. The predicted molar refractivity (Wildman–Crippen MR) is 86.7 cm³/mol. The van der Waals surface area contributed by atoms with E-state index in [9.17, 15) is 17.6 Å². The number of hydrogen-bond donors (Lipinski definition) is 1. The van der Waals surface area contributed by atoms with Crippen LogP contribution in [0.5, 0.6) is 0 Å². The standard InChI is InChI=1S/C17H19FN2O4S/c18-13-1-3-14(4-2-13)25(22,23)11-12-9-17(5-6-17)10-15(12)24-16(21)20-8-7-19/h1-4,12,15H,5-6,8-11H2,(H,20,21)/t12-,15+/m1/s1. The maximum Gasteiger partial charge on any atom is 0.408 e. The van der Waals surface area contributed by atoms with Crippen LogP contribution in [-0.4, -0.2) is 32.9 Å². The van der Waals surface area contributed by atoms with Gasteiger partial charge in [0.15, 0.2) is 9.84 Å². The van der Waals surface area contributed by atoms with Crippen LogP contribution in [0.4, 0.5) is 9.18 Å². The van der Waals surface area contributed by atoms with Crippen LogP contribution in [0.15, 0.2) is 29.2 Å². The number of nitrogens with zero attached hydrogens (tertiary/aromatic N) is 1. The molecule has 1 aromatic carbocycles. The number of nitriles is 1. The van der Waals surface area contributed by atoms with Gasteiger partial charge in [-0.05, 0) is 55.4 Å². The highest BCUT2D eigenvalue weighted by molar-refractivity contribution is 7.91. The number of benzene rings is 1. The fraction of sp³-hybridized carbons (Fsp3) is 0.529. The average molecular weight is 366 g/mol. The molecular formula is C17H19FN2O4S. The Morgan fingerprint density at radius 1 is 1.32 bits per heavy atom. The minimum absolute atomic E-state index is 0.0679. The third-order valence-corrected chi connectivity index (χ3v) is 6.85. The number of ether oxygens (including phenoxy) is 1. The van der Waals surface area contributed by atoms with Gasteiger partial charge in [-0.25, -0.2) is 17.6 Å². The molecule has 6 nitrogen and oxygen atoms in total. The number of amides is 1. The van der Waals surface area contributed by atoms with Gasteiger partial charge < -0.3 is 10.1 Å². The van der Waals surface area contributed by atoms with Crippen LogP contribution in [0, 0.1) is 28.5 Å². The molecule has 0 unspecified atom stereocenters. The van der Waals surface area contributed by atoms with Crippen LogP contribution >= 0.6 is 0 Å². The van der Waals surface area contributed by atoms with Crippen LogP contribution in [0.3, 0.4) is 0 Å². The summed E-state index contributed by atoms with van der Waals surface area (Å²) in [5.74, 6) is -0.936. The first kappa shape index (κ1) is 17.7. The number of halogens is 1. The lowest BCUT2D eigenvalue weighted by molar-refractivity contribution is 0.0799. The molecular weight excluding hydrogens is 347 g/mol. The summed E-state index contributed by atoms with van der Waals surface area (Å²) in [5, 5.41) is 10.8. The molecule has 0 heterocycles. The molecule has 3 rings (SSSR count). The quantitative estimate of drug-likeness (QED) is 0.638. The maximum atomic E-state index is 13.0. The zero-order valence-corrected chi connectivity index (χ0v) is 14.4. The Bertz CT molecular complexity index is 797. The van der Waals surface area contributed by atoms with Gasteiger partial charge in [-0.2, -0.15) is 5.26 Å². The van der Waals surface area contributed by atoms with Gasteiger partial charge >= 0.3 is 6.09 Å². The van der Waals surface area contributed by atoms with Crippen molar-refractivity contribution in [3.63, 3.8) is 0 Å². The molecule has 1 amide bonds. The smallest absolute Gasteiger partial charge is 0.408 e. The van der Waals surface area contributed by atoms with E-state index in [1.54, 1.807) is 6.07 Å². The van der Waals surface area contributed by atoms with Crippen LogP contribution in [0.2, 0.25) is 0 Å². The molecule has 8 heteroatoms. The van der Waals surface area contributed by atoms with Crippen molar-refractivity contribution in [1.29, 1.82) is 5.26 Å². The van der Waals surface area contributed by atoms with Crippen LogP contribution in [0.1, 0.15) is 25.7 Å². The third-order valence-electron chi connectivity index (χ3n) is 4.99. The van der Waals surface area contributed by atoms with E-state index >= 15 is 0 Å². The van der Waals surface area contributed by atoms with Crippen LogP contribution in [0.25, 0.3) is 0 Å². The van der Waals surface area contributed by atoms with Gasteiger partial charge in [-0.1, -0.05) is 0 Å². The molecule has 1 N–H and O–H groups in total. The molecule has 1 spiro atoms. The van der Waals surface area contributed by atoms with E-state index in [1.165, 1.54) is 12.1 Å². The van der Waals surface area contributed by atoms with Crippen LogP contribution in [-0.2, 0) is 14.6 Å². The molecule has 0 bridgehead atoms. The van der Waals surface area contributed by atoms with Gasteiger partial charge in [0.25, 0.3) is 0 Å². The maximum absolute atomic E-state index is 13.0. The summed E-state index contributed by atoms with van der Waals surface area (Å²) in [6.07, 6.45) is 2.18. The van der Waals surface area contributed by atoms with E-state index in [1.807, 2.05) is 0 Å². The zero-order chi connectivity index (χ0) is 18.1. The van der Waals surface area contributed by atoms with Crippen molar-refractivity contribution in [2.24, 2.45) is 11.3 Å². The van der Waals surface area contributed by atoms with Crippen molar-refractivity contribution in [1.82, 2.24) is 5.32 Å². The first-order valence-electron chi connectivity index (χ1n) is 8.13. The Kier molecular flexibility index (Phi) is 4.69. The van der Waals surface area contributed by atoms with E-state index < -0.39 is 27.9 Å². The molecule has 25 heavy (non-hydrogen) atoms. The Hall–Kier alpha value is -2.14. The van der Waals surface area contributed by atoms with E-state index in [2.05, 4.69) is 5.32 Å².